The molecule has 1 spiro atoms. The standard InChI is InChI=1S/C26H36O11/c1-10-5-25-6-11(10)3-4-14(25)26-7-12(28)20(37-22-18(31)17(30)16(29)13(8-27)36-22)24(2,23(34)35-9-26)19(26)15(25)21(32)33/h11-20,22,27-31H,1,3-9H2,2H3,(H,32,33)/t11-,12+,13-,14-,15-,16-,17+,18-,19-,20+,22+,24+,25+,26-/m1/s1. The second kappa shape index (κ2) is 8.20. The lowest BCUT2D eigenvalue weighted by molar-refractivity contribution is -0.341. The van der Waals surface area contributed by atoms with Gasteiger partial charge in [0, 0.05) is 11.3 Å². The van der Waals surface area contributed by atoms with Gasteiger partial charge in [-0.25, -0.2) is 0 Å². The number of aliphatic hydroxyl groups excluding tert-OH is 5. The number of carboxylic acid groups (broad SMARTS) is 1. The van der Waals surface area contributed by atoms with Crippen molar-refractivity contribution in [2.75, 3.05) is 13.2 Å². The molecule has 14 atom stereocenters. The van der Waals surface area contributed by atoms with E-state index in [1.807, 2.05) is 0 Å². The summed E-state index contributed by atoms with van der Waals surface area (Å²) in [5.41, 5.74) is -1.90. The number of carboxylic acids is 1. The molecule has 0 aromatic rings. The molecule has 6 N–H and O–H groups in total. The second-order valence-electron chi connectivity index (χ2n) is 12.5. The largest absolute Gasteiger partial charge is 0.481 e. The summed E-state index contributed by atoms with van der Waals surface area (Å²) in [5.74, 6) is -3.09. The molecule has 11 heteroatoms. The fraction of sp³-hybridized carbons (Fsp3) is 0.846. The number of aliphatic carboxylic acids is 1. The molecule has 2 aliphatic heterocycles. The zero-order chi connectivity index (χ0) is 26.7. The van der Waals surface area contributed by atoms with Gasteiger partial charge < -0.3 is 44.8 Å². The van der Waals surface area contributed by atoms with Gasteiger partial charge in [0.1, 0.15) is 30.5 Å². The summed E-state index contributed by atoms with van der Waals surface area (Å²) < 4.78 is 17.3. The number of hydrogen-bond donors (Lipinski definition) is 6. The summed E-state index contributed by atoms with van der Waals surface area (Å²) in [6.45, 7) is 5.18. The summed E-state index contributed by atoms with van der Waals surface area (Å²) in [6.07, 6.45) is -7.35. The Morgan fingerprint density at radius 1 is 1.11 bits per heavy atom. The molecule has 0 aromatic heterocycles. The number of ether oxygens (including phenoxy) is 3. The van der Waals surface area contributed by atoms with Gasteiger partial charge in [0.25, 0.3) is 0 Å². The van der Waals surface area contributed by atoms with Crippen molar-refractivity contribution < 1.29 is 54.4 Å². The van der Waals surface area contributed by atoms with Crippen LogP contribution in [-0.2, 0) is 23.8 Å². The number of esters is 1. The third-order valence-corrected chi connectivity index (χ3v) is 11.0. The number of carbonyl (C=O) groups is 2. The fourth-order valence-corrected chi connectivity index (χ4v) is 9.74. The van der Waals surface area contributed by atoms with Crippen LogP contribution in [0, 0.1) is 39.9 Å². The van der Waals surface area contributed by atoms with Crippen molar-refractivity contribution in [2.24, 2.45) is 39.9 Å². The molecule has 0 radical (unpaired) electrons. The van der Waals surface area contributed by atoms with Crippen molar-refractivity contribution >= 4 is 11.9 Å². The Balaban J connectivity index is 1.43. The van der Waals surface area contributed by atoms with Gasteiger partial charge >= 0.3 is 11.9 Å². The first-order valence-corrected chi connectivity index (χ1v) is 13.1. The number of hydrogen-bond acceptors (Lipinski definition) is 10. The number of rotatable bonds is 4. The molecule has 206 valence electrons. The average molecular weight is 525 g/mol. The van der Waals surface area contributed by atoms with Gasteiger partial charge in [0.2, 0.25) is 0 Å². The predicted molar refractivity (Wildman–Crippen MR) is 122 cm³/mol. The Morgan fingerprint density at radius 2 is 1.84 bits per heavy atom. The maximum absolute atomic E-state index is 13.6. The second-order valence-corrected chi connectivity index (χ2v) is 12.5. The van der Waals surface area contributed by atoms with E-state index in [4.69, 9.17) is 14.2 Å². The lowest BCUT2D eigenvalue weighted by atomic mass is 9.49. The summed E-state index contributed by atoms with van der Waals surface area (Å²) in [5, 5.41) is 62.7. The third-order valence-electron chi connectivity index (χ3n) is 11.0. The summed E-state index contributed by atoms with van der Waals surface area (Å²) in [7, 11) is 0. The maximum Gasteiger partial charge on any atom is 0.314 e. The maximum atomic E-state index is 13.6. The van der Waals surface area contributed by atoms with Crippen molar-refractivity contribution in [1.29, 1.82) is 0 Å². The van der Waals surface area contributed by atoms with Crippen LogP contribution in [-0.4, -0.2) is 98.7 Å². The molecule has 4 saturated carbocycles. The number of carbonyl (C=O) groups excluding carboxylic acids is 1. The highest BCUT2D eigenvalue weighted by Crippen LogP contribution is 2.79. The van der Waals surface area contributed by atoms with Crippen LogP contribution in [0.1, 0.15) is 39.0 Å². The van der Waals surface area contributed by atoms with Gasteiger partial charge in [-0.05, 0) is 56.3 Å². The molecule has 4 bridgehead atoms. The lowest BCUT2D eigenvalue weighted by Crippen LogP contribution is -2.70. The predicted octanol–water partition coefficient (Wildman–Crippen LogP) is -0.821. The van der Waals surface area contributed by atoms with E-state index in [1.165, 1.54) is 0 Å². The summed E-state index contributed by atoms with van der Waals surface area (Å²) in [6, 6.07) is 0. The molecule has 4 aliphatic carbocycles. The first-order valence-electron chi connectivity index (χ1n) is 13.1. The van der Waals surface area contributed by atoms with E-state index in [1.54, 1.807) is 6.92 Å². The SMILES string of the molecule is C=C1C[C@]23C[C@H]1CC[C@H]2[C@]12COC(=O)[C@](C)([C@@H](O[C@@H]4O[C@H](CO)[C@@H](O)[C@H](O)[C@H]4O)[C@@H](O)C1)[C@H]2[C@@H]3C(=O)O. The topological polar surface area (TPSA) is 183 Å². The van der Waals surface area contributed by atoms with Crippen molar-refractivity contribution in [2.45, 2.75) is 81.9 Å². The Morgan fingerprint density at radius 3 is 2.51 bits per heavy atom. The molecule has 2 saturated heterocycles. The minimum Gasteiger partial charge on any atom is -0.481 e. The fourth-order valence-electron chi connectivity index (χ4n) is 9.74. The van der Waals surface area contributed by atoms with Crippen LogP contribution < -0.4 is 0 Å². The van der Waals surface area contributed by atoms with Crippen molar-refractivity contribution in [3.8, 4) is 0 Å². The van der Waals surface area contributed by atoms with E-state index >= 15 is 0 Å². The lowest BCUT2D eigenvalue weighted by Gasteiger charge is -2.60. The monoisotopic (exact) mass is 524 g/mol. The Bertz CT molecular complexity index is 1010. The van der Waals surface area contributed by atoms with Gasteiger partial charge in [0.05, 0.1) is 30.7 Å². The van der Waals surface area contributed by atoms with Crippen LogP contribution in [0.5, 0.6) is 0 Å². The number of fused-ring (bicyclic) bond motifs is 1. The molecule has 0 unspecified atom stereocenters. The van der Waals surface area contributed by atoms with E-state index in [-0.39, 0.29) is 24.9 Å². The summed E-state index contributed by atoms with van der Waals surface area (Å²) in [4.78, 5) is 26.6. The van der Waals surface area contributed by atoms with E-state index in [9.17, 15) is 40.2 Å². The molecular weight excluding hydrogens is 488 g/mol. The molecule has 6 aliphatic rings. The van der Waals surface area contributed by atoms with Crippen LogP contribution in [0.4, 0.5) is 0 Å². The van der Waals surface area contributed by atoms with E-state index < -0.39 is 89.5 Å². The van der Waals surface area contributed by atoms with E-state index in [0.29, 0.717) is 12.8 Å². The molecular formula is C26H36O11. The van der Waals surface area contributed by atoms with Crippen molar-refractivity contribution in [1.82, 2.24) is 0 Å². The zero-order valence-electron chi connectivity index (χ0n) is 20.7. The Hall–Kier alpha value is -1.60. The minimum absolute atomic E-state index is 0.0310. The van der Waals surface area contributed by atoms with E-state index in [2.05, 4.69) is 6.58 Å². The van der Waals surface area contributed by atoms with Crippen LogP contribution >= 0.6 is 0 Å². The smallest absolute Gasteiger partial charge is 0.314 e. The molecule has 37 heavy (non-hydrogen) atoms. The van der Waals surface area contributed by atoms with E-state index in [0.717, 1.165) is 18.4 Å². The molecule has 6 rings (SSSR count). The van der Waals surface area contributed by atoms with Gasteiger partial charge in [-0.1, -0.05) is 12.2 Å². The first kappa shape index (κ1) is 25.7. The van der Waals surface area contributed by atoms with Crippen molar-refractivity contribution in [3.63, 3.8) is 0 Å². The Labute approximate surface area is 214 Å². The Kier molecular flexibility index (Phi) is 5.69. The number of allylic oxidation sites excluding steroid dienone is 1. The summed E-state index contributed by atoms with van der Waals surface area (Å²) >= 11 is 0. The molecule has 2 heterocycles. The molecule has 0 amide bonds. The zero-order valence-corrected chi connectivity index (χ0v) is 20.7. The molecule has 11 nitrogen and oxygen atoms in total. The molecule has 0 aromatic carbocycles. The quantitative estimate of drug-likeness (QED) is 0.200. The van der Waals surface area contributed by atoms with Crippen molar-refractivity contribution in [3.05, 3.63) is 12.2 Å². The highest BCUT2D eigenvalue weighted by molar-refractivity contribution is 5.83. The normalized spacial score (nSPS) is 56.4. The average Bonchev–Trinajstić information content (AvgIpc) is 3.25. The highest BCUT2D eigenvalue weighted by Gasteiger charge is 2.81. The minimum atomic E-state index is -1.74. The molecule has 6 fully saturated rings. The van der Waals surface area contributed by atoms with Crippen LogP contribution in [0.2, 0.25) is 0 Å². The van der Waals surface area contributed by atoms with Gasteiger partial charge in [-0.2, -0.15) is 0 Å². The number of aliphatic hydroxyl groups is 5. The van der Waals surface area contributed by atoms with Crippen LogP contribution in [0.15, 0.2) is 12.2 Å². The van der Waals surface area contributed by atoms with Crippen LogP contribution in [0.3, 0.4) is 0 Å². The first-order chi connectivity index (χ1) is 17.4. The van der Waals surface area contributed by atoms with Gasteiger partial charge in [0.15, 0.2) is 6.29 Å². The van der Waals surface area contributed by atoms with Gasteiger partial charge in [-0.15, -0.1) is 0 Å². The van der Waals surface area contributed by atoms with Gasteiger partial charge in [-0.3, -0.25) is 9.59 Å². The third kappa shape index (κ3) is 3.07. The highest BCUT2D eigenvalue weighted by atomic mass is 16.7. The number of cyclic esters (lactones) is 1. The van der Waals surface area contributed by atoms with Crippen LogP contribution in [0.25, 0.3) is 0 Å².